The molecule has 188 valence electrons. The molecule has 0 spiro atoms. The lowest BCUT2D eigenvalue weighted by atomic mass is 10.2. The molecular weight excluding hydrogens is 481 g/mol. The minimum atomic E-state index is -1.73. The second-order valence-corrected chi connectivity index (χ2v) is 13.0. The largest absolute Gasteiger partial charge is 0.411 e. The van der Waals surface area contributed by atoms with Crippen LogP contribution in [0.25, 0.3) is 0 Å². The van der Waals surface area contributed by atoms with Gasteiger partial charge in [0.2, 0.25) is 0 Å². The summed E-state index contributed by atoms with van der Waals surface area (Å²) in [6.07, 6.45) is 5.77. The van der Waals surface area contributed by atoms with Crippen LogP contribution in [-0.2, 0) is 0 Å². The Labute approximate surface area is 221 Å². The van der Waals surface area contributed by atoms with E-state index >= 15 is 0 Å². The van der Waals surface area contributed by atoms with E-state index < -0.39 is 7.26 Å². The molecule has 2 N–H and O–H groups in total. The van der Waals surface area contributed by atoms with E-state index in [9.17, 15) is 0 Å². The molecule has 0 bridgehead atoms. The molecule has 0 aliphatic heterocycles. The van der Waals surface area contributed by atoms with Crippen molar-refractivity contribution in [2.24, 2.45) is 10.1 Å². The first kappa shape index (κ1) is 27.7. The number of hydrogen-bond donors (Lipinski definition) is 2. The van der Waals surface area contributed by atoms with Gasteiger partial charge in [0.25, 0.3) is 0 Å². The summed E-state index contributed by atoms with van der Waals surface area (Å²) in [6.45, 7) is 4.82. The van der Waals surface area contributed by atoms with E-state index in [1.54, 1.807) is 6.92 Å². The zero-order valence-corrected chi connectivity index (χ0v) is 23.0. The number of thiocarbonyl (C=S) groups is 1. The molecule has 36 heavy (non-hydrogen) atoms. The first-order valence-corrected chi connectivity index (χ1v) is 15.0. The maximum absolute atomic E-state index is 8.82. The standard InChI is InChI=1S/C30H36N3OPS/c1-25(26(2)33-34)32-24-30(36)31-22-14-3-4-15-23-35(27-16-8-5-9-17-27,28-18-10-6-11-19-28)29-20-12-7-13-21-29/h5-13,16-21H,3-4,14-15,22-24H2,1-2H3,(H-,31,32,34,36)/p+1. The van der Waals surface area contributed by atoms with Crippen molar-refractivity contribution in [3.63, 3.8) is 0 Å². The van der Waals surface area contributed by atoms with Crippen molar-refractivity contribution >= 4 is 51.8 Å². The van der Waals surface area contributed by atoms with E-state index in [0.29, 0.717) is 18.0 Å². The van der Waals surface area contributed by atoms with Crippen molar-refractivity contribution < 1.29 is 5.21 Å². The van der Waals surface area contributed by atoms with Crippen molar-refractivity contribution in [1.82, 2.24) is 5.32 Å². The quantitative estimate of drug-likeness (QED) is 0.0754. The lowest BCUT2D eigenvalue weighted by Crippen LogP contribution is -2.33. The fourth-order valence-corrected chi connectivity index (χ4v) is 8.95. The average molecular weight is 519 g/mol. The molecule has 0 aliphatic carbocycles. The molecule has 4 nitrogen and oxygen atoms in total. The Hall–Kier alpha value is -2.88. The highest BCUT2D eigenvalue weighted by Gasteiger charge is 2.44. The summed E-state index contributed by atoms with van der Waals surface area (Å²) < 4.78 is 0. The summed E-state index contributed by atoms with van der Waals surface area (Å²) in [5.74, 6) is 0. The van der Waals surface area contributed by atoms with E-state index in [0.717, 1.165) is 30.5 Å². The van der Waals surface area contributed by atoms with Gasteiger partial charge in [0.05, 0.1) is 29.1 Å². The zero-order valence-electron chi connectivity index (χ0n) is 21.3. The summed E-state index contributed by atoms with van der Waals surface area (Å²) in [5.41, 5.74) is 1.21. The Bertz CT molecular complexity index is 1040. The number of aliphatic imine (C=N–C) groups is 1. The average Bonchev–Trinajstić information content (AvgIpc) is 2.94. The number of unbranched alkanes of at least 4 members (excludes halogenated alkanes) is 3. The SMILES string of the molecule is CC(=NCC(=S)NCCCCCC[P+](c1ccccc1)(c1ccccc1)c1ccccc1)/C(C)=N\O. The Morgan fingerprint density at radius 3 is 1.67 bits per heavy atom. The summed E-state index contributed by atoms with van der Waals surface area (Å²) in [7, 11) is -1.73. The molecule has 0 saturated heterocycles. The van der Waals surface area contributed by atoms with Crippen LogP contribution in [0, 0.1) is 0 Å². The zero-order chi connectivity index (χ0) is 25.6. The van der Waals surface area contributed by atoms with Crippen molar-refractivity contribution in [2.75, 3.05) is 19.3 Å². The van der Waals surface area contributed by atoms with Crippen LogP contribution >= 0.6 is 19.5 Å². The normalized spacial score (nSPS) is 12.4. The van der Waals surface area contributed by atoms with Gasteiger partial charge in [0.15, 0.2) is 0 Å². The molecule has 3 aromatic rings. The summed E-state index contributed by atoms with van der Waals surface area (Å²) in [4.78, 5) is 5.09. The molecule has 0 radical (unpaired) electrons. The van der Waals surface area contributed by atoms with Gasteiger partial charge in [0, 0.05) is 6.54 Å². The summed E-state index contributed by atoms with van der Waals surface area (Å²) in [5, 5.41) is 19.7. The monoisotopic (exact) mass is 518 g/mol. The third-order valence-electron chi connectivity index (χ3n) is 6.47. The first-order chi connectivity index (χ1) is 17.6. The molecule has 0 unspecified atom stereocenters. The number of oxime groups is 1. The molecule has 3 aromatic carbocycles. The highest BCUT2D eigenvalue weighted by Crippen LogP contribution is 2.55. The van der Waals surface area contributed by atoms with Crippen LogP contribution in [0.2, 0.25) is 0 Å². The van der Waals surface area contributed by atoms with Crippen LogP contribution in [-0.4, -0.2) is 40.9 Å². The van der Waals surface area contributed by atoms with E-state index in [2.05, 4.69) is 106 Å². The fourth-order valence-electron chi connectivity index (χ4n) is 4.37. The van der Waals surface area contributed by atoms with Crippen molar-refractivity contribution in [1.29, 1.82) is 0 Å². The molecule has 0 atom stereocenters. The van der Waals surface area contributed by atoms with Crippen LogP contribution in [0.4, 0.5) is 0 Å². The third-order valence-corrected chi connectivity index (χ3v) is 11.3. The van der Waals surface area contributed by atoms with Crippen molar-refractivity contribution in [2.45, 2.75) is 39.5 Å². The first-order valence-electron chi connectivity index (χ1n) is 12.6. The van der Waals surface area contributed by atoms with Gasteiger partial charge in [-0.2, -0.15) is 0 Å². The molecular formula is C30H37N3OPS+. The second-order valence-electron chi connectivity index (χ2n) is 8.89. The Balaban J connectivity index is 1.60. The molecule has 0 aliphatic rings. The Morgan fingerprint density at radius 1 is 0.722 bits per heavy atom. The minimum Gasteiger partial charge on any atom is -0.411 e. The number of rotatable bonds is 13. The van der Waals surface area contributed by atoms with Gasteiger partial charge in [-0.25, -0.2) is 0 Å². The van der Waals surface area contributed by atoms with Crippen molar-refractivity contribution in [3.8, 4) is 0 Å². The number of benzene rings is 3. The molecule has 0 amide bonds. The molecule has 0 aromatic heterocycles. The van der Waals surface area contributed by atoms with Gasteiger partial charge in [0.1, 0.15) is 23.2 Å². The van der Waals surface area contributed by atoms with Crippen LogP contribution in [0.5, 0.6) is 0 Å². The van der Waals surface area contributed by atoms with Gasteiger partial charge in [-0.1, -0.05) is 78.4 Å². The molecule has 6 heteroatoms. The second kappa shape index (κ2) is 14.6. The predicted octanol–water partition coefficient (Wildman–Crippen LogP) is 5.77. The van der Waals surface area contributed by atoms with Gasteiger partial charge >= 0.3 is 0 Å². The smallest absolute Gasteiger partial charge is 0.112 e. The van der Waals surface area contributed by atoms with Crippen LogP contribution in [0.3, 0.4) is 0 Å². The van der Waals surface area contributed by atoms with Crippen LogP contribution in [0.15, 0.2) is 101 Å². The molecule has 0 saturated carbocycles. The third kappa shape index (κ3) is 7.56. The number of hydrogen-bond acceptors (Lipinski definition) is 4. The van der Waals surface area contributed by atoms with Gasteiger partial charge in [-0.15, -0.1) is 0 Å². The maximum atomic E-state index is 8.82. The topological polar surface area (TPSA) is 57.0 Å². The maximum Gasteiger partial charge on any atom is 0.112 e. The predicted molar refractivity (Wildman–Crippen MR) is 162 cm³/mol. The lowest BCUT2D eigenvalue weighted by Gasteiger charge is -2.27. The van der Waals surface area contributed by atoms with Crippen LogP contribution in [0.1, 0.15) is 39.5 Å². The van der Waals surface area contributed by atoms with Gasteiger partial charge in [-0.3, -0.25) is 4.99 Å². The number of nitrogens with zero attached hydrogens (tertiary/aromatic N) is 2. The van der Waals surface area contributed by atoms with E-state index in [4.69, 9.17) is 17.4 Å². The Morgan fingerprint density at radius 2 is 1.19 bits per heavy atom. The lowest BCUT2D eigenvalue weighted by molar-refractivity contribution is 0.320. The van der Waals surface area contributed by atoms with Gasteiger partial charge < -0.3 is 10.5 Å². The highest BCUT2D eigenvalue weighted by molar-refractivity contribution is 7.95. The summed E-state index contributed by atoms with van der Waals surface area (Å²) >= 11 is 5.39. The van der Waals surface area contributed by atoms with E-state index in [1.165, 1.54) is 28.8 Å². The van der Waals surface area contributed by atoms with Crippen molar-refractivity contribution in [3.05, 3.63) is 91.0 Å². The number of nitrogens with one attached hydrogen (secondary N) is 1. The molecule has 3 rings (SSSR count). The highest BCUT2D eigenvalue weighted by atomic mass is 32.1. The molecule has 0 heterocycles. The van der Waals surface area contributed by atoms with E-state index in [-0.39, 0.29) is 0 Å². The van der Waals surface area contributed by atoms with E-state index in [1.807, 2.05) is 6.92 Å². The summed E-state index contributed by atoms with van der Waals surface area (Å²) in [6, 6.07) is 33.3. The van der Waals surface area contributed by atoms with Crippen LogP contribution < -0.4 is 21.2 Å². The fraction of sp³-hybridized carbons (Fsp3) is 0.300. The minimum absolute atomic E-state index is 0.423. The molecule has 0 fully saturated rings. The van der Waals surface area contributed by atoms with Gasteiger partial charge in [-0.05, 0) is 69.5 Å². The Kier molecular flexibility index (Phi) is 11.3.